The van der Waals surface area contributed by atoms with Crippen LogP contribution in [-0.2, 0) is 16.1 Å². The molecule has 0 aliphatic rings. The zero-order valence-corrected chi connectivity index (χ0v) is 15.7. The fraction of sp³-hybridized carbons (Fsp3) is 0.286. The normalized spacial score (nSPS) is 10.4. The van der Waals surface area contributed by atoms with Crippen molar-refractivity contribution in [3.05, 3.63) is 59.7 Å². The highest BCUT2D eigenvalue weighted by Gasteiger charge is 2.09. The van der Waals surface area contributed by atoms with Gasteiger partial charge < -0.3 is 15.4 Å². The van der Waals surface area contributed by atoms with E-state index < -0.39 is 5.97 Å². The third-order valence-electron chi connectivity index (χ3n) is 3.63. The first-order chi connectivity index (χ1) is 12.8. The number of carbonyl (C=O) groups excluding carboxylic acids is 3. The molecular formula is C21H24N2O4. The Hall–Kier alpha value is -3.15. The summed E-state index contributed by atoms with van der Waals surface area (Å²) in [5.41, 5.74) is 1.89. The Bertz CT molecular complexity index is 830. The summed E-state index contributed by atoms with van der Waals surface area (Å²) in [6, 6.07) is 13.7. The lowest BCUT2D eigenvalue weighted by atomic mass is 10.1. The molecule has 0 unspecified atom stereocenters. The summed E-state index contributed by atoms with van der Waals surface area (Å²) in [4.78, 5) is 35.2. The molecule has 2 aromatic carbocycles. The van der Waals surface area contributed by atoms with Crippen LogP contribution in [0.5, 0.6) is 5.75 Å². The van der Waals surface area contributed by atoms with Gasteiger partial charge in [-0.2, -0.15) is 0 Å². The first-order valence-corrected chi connectivity index (χ1v) is 8.79. The van der Waals surface area contributed by atoms with Gasteiger partial charge in [0.25, 0.3) is 5.91 Å². The Morgan fingerprint density at radius 3 is 2.48 bits per heavy atom. The van der Waals surface area contributed by atoms with Crippen molar-refractivity contribution in [2.45, 2.75) is 33.7 Å². The van der Waals surface area contributed by atoms with Crippen LogP contribution in [0.2, 0.25) is 0 Å². The van der Waals surface area contributed by atoms with Crippen molar-refractivity contribution < 1.29 is 19.1 Å². The van der Waals surface area contributed by atoms with Gasteiger partial charge in [0.2, 0.25) is 5.91 Å². The first-order valence-electron chi connectivity index (χ1n) is 8.79. The third kappa shape index (κ3) is 6.93. The Morgan fingerprint density at radius 1 is 1.04 bits per heavy atom. The van der Waals surface area contributed by atoms with Crippen LogP contribution in [0.1, 0.15) is 43.1 Å². The van der Waals surface area contributed by atoms with Gasteiger partial charge in [-0.3, -0.25) is 14.4 Å². The predicted octanol–water partition coefficient (Wildman–Crippen LogP) is 3.53. The number of nitrogens with one attached hydrogen (secondary N) is 2. The van der Waals surface area contributed by atoms with Crippen molar-refractivity contribution in [1.82, 2.24) is 5.32 Å². The van der Waals surface area contributed by atoms with Crippen molar-refractivity contribution >= 4 is 23.5 Å². The summed E-state index contributed by atoms with van der Waals surface area (Å²) in [5, 5.41) is 5.67. The molecule has 0 bridgehead atoms. The molecule has 0 radical (unpaired) electrons. The number of anilines is 1. The molecule has 2 rings (SSSR count). The molecule has 0 saturated carbocycles. The number of carbonyl (C=O) groups is 3. The van der Waals surface area contributed by atoms with Crippen LogP contribution >= 0.6 is 0 Å². The Kier molecular flexibility index (Phi) is 7.11. The molecule has 0 saturated heterocycles. The summed E-state index contributed by atoms with van der Waals surface area (Å²) >= 11 is 0. The van der Waals surface area contributed by atoms with Crippen LogP contribution in [0.25, 0.3) is 0 Å². The number of hydrogen-bond acceptors (Lipinski definition) is 4. The van der Waals surface area contributed by atoms with Gasteiger partial charge >= 0.3 is 5.97 Å². The van der Waals surface area contributed by atoms with Crippen molar-refractivity contribution in [2.75, 3.05) is 5.32 Å². The van der Waals surface area contributed by atoms with Crippen LogP contribution in [-0.4, -0.2) is 17.8 Å². The second kappa shape index (κ2) is 9.52. The summed E-state index contributed by atoms with van der Waals surface area (Å²) in [7, 11) is 0. The minimum Gasteiger partial charge on any atom is -0.427 e. The smallest absolute Gasteiger partial charge is 0.308 e. The number of amides is 2. The lowest BCUT2D eigenvalue weighted by Crippen LogP contribution is -2.24. The van der Waals surface area contributed by atoms with Gasteiger partial charge in [-0.05, 0) is 41.8 Å². The van der Waals surface area contributed by atoms with Gasteiger partial charge in [0.1, 0.15) is 5.75 Å². The molecule has 0 aromatic heterocycles. The van der Waals surface area contributed by atoms with E-state index in [2.05, 4.69) is 10.6 Å². The molecule has 27 heavy (non-hydrogen) atoms. The summed E-state index contributed by atoms with van der Waals surface area (Å²) in [6.07, 6.45) is 0.481. The predicted molar refractivity (Wildman–Crippen MR) is 103 cm³/mol. The van der Waals surface area contributed by atoms with Crippen LogP contribution < -0.4 is 15.4 Å². The molecule has 2 amide bonds. The summed E-state index contributed by atoms with van der Waals surface area (Å²) in [5.74, 6) is -0.137. The SMILES string of the molecule is CC(=O)Oc1cccc(C(=O)Nc2cccc(CNC(=O)CC(C)C)c2)c1. The van der Waals surface area contributed by atoms with Crippen LogP contribution in [0.4, 0.5) is 5.69 Å². The van der Waals surface area contributed by atoms with Crippen LogP contribution in [0, 0.1) is 5.92 Å². The average molecular weight is 368 g/mol. The average Bonchev–Trinajstić information content (AvgIpc) is 2.59. The van der Waals surface area contributed by atoms with E-state index in [1.54, 1.807) is 24.3 Å². The van der Waals surface area contributed by atoms with E-state index in [1.165, 1.54) is 13.0 Å². The molecule has 6 heteroatoms. The topological polar surface area (TPSA) is 84.5 Å². The molecule has 0 fully saturated rings. The maximum absolute atomic E-state index is 12.4. The molecule has 0 aliphatic heterocycles. The molecule has 142 valence electrons. The fourth-order valence-electron chi connectivity index (χ4n) is 2.47. The van der Waals surface area contributed by atoms with E-state index in [1.807, 2.05) is 32.0 Å². The molecule has 0 aliphatic carbocycles. The molecular weight excluding hydrogens is 344 g/mol. The molecule has 6 nitrogen and oxygen atoms in total. The number of rotatable bonds is 7. The monoisotopic (exact) mass is 368 g/mol. The standard InChI is InChI=1S/C21H24N2O4/c1-14(2)10-20(25)22-13-16-6-4-8-18(11-16)23-21(26)17-7-5-9-19(12-17)27-15(3)24/h4-9,11-12,14H,10,13H2,1-3H3,(H,22,25)(H,23,26). The van der Waals surface area contributed by atoms with Gasteiger partial charge in [0.05, 0.1) is 0 Å². The van der Waals surface area contributed by atoms with E-state index in [0.29, 0.717) is 35.9 Å². The summed E-state index contributed by atoms with van der Waals surface area (Å²) in [6.45, 7) is 5.69. The Labute approximate surface area is 158 Å². The highest BCUT2D eigenvalue weighted by atomic mass is 16.5. The first kappa shape index (κ1) is 20.2. The lowest BCUT2D eigenvalue weighted by Gasteiger charge is -2.10. The number of benzene rings is 2. The van der Waals surface area contributed by atoms with Crippen LogP contribution in [0.3, 0.4) is 0 Å². The van der Waals surface area contributed by atoms with Crippen molar-refractivity contribution in [3.8, 4) is 5.75 Å². The van der Waals surface area contributed by atoms with Gasteiger partial charge in [-0.1, -0.05) is 32.0 Å². The Balaban J connectivity index is 2.00. The minimum absolute atomic E-state index is 0.00160. The van der Waals surface area contributed by atoms with E-state index in [4.69, 9.17) is 4.74 Å². The van der Waals surface area contributed by atoms with Gasteiger partial charge in [0, 0.05) is 31.1 Å². The molecule has 0 spiro atoms. The van der Waals surface area contributed by atoms with E-state index in [-0.39, 0.29) is 11.8 Å². The molecule has 0 atom stereocenters. The maximum atomic E-state index is 12.4. The second-order valence-electron chi connectivity index (χ2n) is 6.65. The second-order valence-corrected chi connectivity index (χ2v) is 6.65. The van der Waals surface area contributed by atoms with E-state index >= 15 is 0 Å². The fourth-order valence-corrected chi connectivity index (χ4v) is 2.47. The quantitative estimate of drug-likeness (QED) is 0.578. The van der Waals surface area contributed by atoms with E-state index in [0.717, 1.165) is 5.56 Å². The molecule has 2 aromatic rings. The minimum atomic E-state index is -0.445. The maximum Gasteiger partial charge on any atom is 0.308 e. The Morgan fingerprint density at radius 2 is 1.78 bits per heavy atom. The zero-order chi connectivity index (χ0) is 19.8. The van der Waals surface area contributed by atoms with Gasteiger partial charge in [-0.15, -0.1) is 0 Å². The van der Waals surface area contributed by atoms with Crippen molar-refractivity contribution in [2.24, 2.45) is 5.92 Å². The van der Waals surface area contributed by atoms with Gasteiger partial charge in [0.15, 0.2) is 0 Å². The molecule has 2 N–H and O–H groups in total. The summed E-state index contributed by atoms with van der Waals surface area (Å²) < 4.78 is 5.00. The highest BCUT2D eigenvalue weighted by molar-refractivity contribution is 6.04. The largest absolute Gasteiger partial charge is 0.427 e. The number of ether oxygens (including phenoxy) is 1. The number of esters is 1. The third-order valence-corrected chi connectivity index (χ3v) is 3.63. The number of hydrogen-bond donors (Lipinski definition) is 2. The zero-order valence-electron chi connectivity index (χ0n) is 15.7. The highest BCUT2D eigenvalue weighted by Crippen LogP contribution is 2.16. The van der Waals surface area contributed by atoms with Crippen molar-refractivity contribution in [1.29, 1.82) is 0 Å². The van der Waals surface area contributed by atoms with Gasteiger partial charge in [-0.25, -0.2) is 0 Å². The van der Waals surface area contributed by atoms with Crippen LogP contribution in [0.15, 0.2) is 48.5 Å². The van der Waals surface area contributed by atoms with E-state index in [9.17, 15) is 14.4 Å². The lowest BCUT2D eigenvalue weighted by molar-refractivity contribution is -0.131. The molecule has 0 heterocycles. The van der Waals surface area contributed by atoms with Crippen molar-refractivity contribution in [3.63, 3.8) is 0 Å².